The number of allylic oxidation sites excluding steroid dienone is 2. The lowest BCUT2D eigenvalue weighted by Crippen LogP contribution is -2.17. The number of hydrogen-bond donors (Lipinski definition) is 1. The van der Waals surface area contributed by atoms with E-state index >= 15 is 0 Å². The Kier molecular flexibility index (Phi) is 3.60. The number of hydrogen-bond acceptors (Lipinski definition) is 3. The summed E-state index contributed by atoms with van der Waals surface area (Å²) in [6, 6.07) is 3.39. The highest BCUT2D eigenvalue weighted by molar-refractivity contribution is 6.34. The maximum absolute atomic E-state index is 12.6. The molecule has 118 valence electrons. The standard InChI is InChI=1S/C17H20ClNO3/c1-9(2)5-10-15(17(10,3)4)16(20)19-12-7-14-13(6-11(12)18)21-8-22-14/h5-7,10,15H,8H2,1-4H3,(H,19,20)/t10-,15-/m0/s1. The fraction of sp³-hybridized carbons (Fsp3) is 0.471. The molecule has 5 heteroatoms. The molecule has 1 N–H and O–H groups in total. The molecule has 22 heavy (non-hydrogen) atoms. The molecule has 1 aromatic rings. The van der Waals surface area contributed by atoms with Crippen LogP contribution in [0.5, 0.6) is 11.5 Å². The molecule has 1 fully saturated rings. The molecule has 1 heterocycles. The lowest BCUT2D eigenvalue weighted by molar-refractivity contribution is -0.118. The van der Waals surface area contributed by atoms with E-state index in [1.807, 2.05) is 0 Å². The highest BCUT2D eigenvalue weighted by atomic mass is 35.5. The Morgan fingerprint density at radius 3 is 2.59 bits per heavy atom. The Labute approximate surface area is 135 Å². The summed E-state index contributed by atoms with van der Waals surface area (Å²) in [5.74, 6) is 1.44. The maximum Gasteiger partial charge on any atom is 0.231 e. The van der Waals surface area contributed by atoms with Crippen LogP contribution in [0.15, 0.2) is 23.8 Å². The Morgan fingerprint density at radius 2 is 1.95 bits per heavy atom. The van der Waals surface area contributed by atoms with Crippen LogP contribution < -0.4 is 14.8 Å². The summed E-state index contributed by atoms with van der Waals surface area (Å²) in [7, 11) is 0. The van der Waals surface area contributed by atoms with E-state index in [0.29, 0.717) is 22.2 Å². The third-order valence-electron chi connectivity index (χ3n) is 4.43. The summed E-state index contributed by atoms with van der Waals surface area (Å²) in [5.41, 5.74) is 1.77. The van der Waals surface area contributed by atoms with Gasteiger partial charge in [0.15, 0.2) is 11.5 Å². The second kappa shape index (κ2) is 5.20. The van der Waals surface area contributed by atoms with Crippen molar-refractivity contribution in [1.82, 2.24) is 0 Å². The Balaban J connectivity index is 1.77. The van der Waals surface area contributed by atoms with Gasteiger partial charge in [0, 0.05) is 12.1 Å². The molecule has 0 aromatic heterocycles. The number of nitrogens with one attached hydrogen (secondary N) is 1. The van der Waals surface area contributed by atoms with Crippen LogP contribution in [0.25, 0.3) is 0 Å². The molecule has 3 rings (SSSR count). The molecular formula is C17H20ClNO3. The zero-order valence-electron chi connectivity index (χ0n) is 13.2. The van der Waals surface area contributed by atoms with E-state index in [9.17, 15) is 4.79 Å². The molecule has 0 radical (unpaired) electrons. The summed E-state index contributed by atoms with van der Waals surface area (Å²) in [6.45, 7) is 8.52. The first-order valence-corrected chi connectivity index (χ1v) is 7.73. The third-order valence-corrected chi connectivity index (χ3v) is 4.74. The summed E-state index contributed by atoms with van der Waals surface area (Å²) in [4.78, 5) is 12.6. The van der Waals surface area contributed by atoms with E-state index in [1.165, 1.54) is 5.57 Å². The van der Waals surface area contributed by atoms with Gasteiger partial charge in [-0.3, -0.25) is 4.79 Å². The topological polar surface area (TPSA) is 47.6 Å². The van der Waals surface area contributed by atoms with E-state index in [1.54, 1.807) is 12.1 Å². The zero-order valence-corrected chi connectivity index (χ0v) is 14.0. The fourth-order valence-corrected chi connectivity index (χ4v) is 3.27. The minimum atomic E-state index is -0.0381. The van der Waals surface area contributed by atoms with Gasteiger partial charge < -0.3 is 14.8 Å². The van der Waals surface area contributed by atoms with Crippen LogP contribution >= 0.6 is 11.6 Å². The summed E-state index contributed by atoms with van der Waals surface area (Å²) < 4.78 is 10.6. The average molecular weight is 322 g/mol. The highest BCUT2D eigenvalue weighted by Crippen LogP contribution is 2.59. The molecule has 4 nitrogen and oxygen atoms in total. The first-order valence-electron chi connectivity index (χ1n) is 7.35. The average Bonchev–Trinajstić information content (AvgIpc) is 2.76. The predicted molar refractivity (Wildman–Crippen MR) is 86.4 cm³/mol. The number of rotatable bonds is 3. The van der Waals surface area contributed by atoms with Crippen LogP contribution in [0.2, 0.25) is 5.02 Å². The van der Waals surface area contributed by atoms with Crippen molar-refractivity contribution in [1.29, 1.82) is 0 Å². The normalized spacial score (nSPS) is 23.9. The van der Waals surface area contributed by atoms with Crippen LogP contribution in [-0.2, 0) is 4.79 Å². The number of ether oxygens (including phenoxy) is 2. The molecule has 1 saturated carbocycles. The van der Waals surface area contributed by atoms with Crippen molar-refractivity contribution in [2.24, 2.45) is 17.3 Å². The molecular weight excluding hydrogens is 302 g/mol. The second-order valence-electron chi connectivity index (χ2n) is 6.74. The molecule has 0 bridgehead atoms. The van der Waals surface area contributed by atoms with Crippen molar-refractivity contribution in [3.05, 3.63) is 28.8 Å². The lowest BCUT2D eigenvalue weighted by atomic mass is 10.1. The molecule has 2 atom stereocenters. The van der Waals surface area contributed by atoms with Crippen LogP contribution in [0.4, 0.5) is 5.69 Å². The first kappa shape index (κ1) is 15.2. The Bertz CT molecular complexity index is 662. The quantitative estimate of drug-likeness (QED) is 0.847. The number of anilines is 1. The van der Waals surface area contributed by atoms with Crippen LogP contribution in [0.3, 0.4) is 0 Å². The van der Waals surface area contributed by atoms with Gasteiger partial charge in [0.25, 0.3) is 0 Å². The summed E-state index contributed by atoms with van der Waals surface area (Å²) in [5, 5.41) is 3.38. The van der Waals surface area contributed by atoms with E-state index in [2.05, 4.69) is 39.1 Å². The van der Waals surface area contributed by atoms with Crippen molar-refractivity contribution < 1.29 is 14.3 Å². The zero-order chi connectivity index (χ0) is 16.1. The van der Waals surface area contributed by atoms with Crippen molar-refractivity contribution in [3.63, 3.8) is 0 Å². The van der Waals surface area contributed by atoms with Gasteiger partial charge in [-0.05, 0) is 25.2 Å². The number of carbonyl (C=O) groups excluding carboxylic acids is 1. The number of carbonyl (C=O) groups is 1. The van der Waals surface area contributed by atoms with Gasteiger partial charge in [0.1, 0.15) is 0 Å². The van der Waals surface area contributed by atoms with Gasteiger partial charge in [-0.25, -0.2) is 0 Å². The smallest absolute Gasteiger partial charge is 0.231 e. The van der Waals surface area contributed by atoms with E-state index in [4.69, 9.17) is 21.1 Å². The number of amides is 1. The number of benzene rings is 1. The SMILES string of the molecule is CC(C)=C[C@H]1[C@@H](C(=O)Nc2cc3c(cc2Cl)OCO3)C1(C)C. The molecule has 2 aliphatic rings. The molecule has 1 aromatic carbocycles. The van der Waals surface area contributed by atoms with Crippen molar-refractivity contribution in [2.45, 2.75) is 27.7 Å². The van der Waals surface area contributed by atoms with Crippen molar-refractivity contribution in [2.75, 3.05) is 12.1 Å². The lowest BCUT2D eigenvalue weighted by Gasteiger charge is -2.09. The predicted octanol–water partition coefficient (Wildman–Crippen LogP) is 4.25. The summed E-state index contributed by atoms with van der Waals surface area (Å²) >= 11 is 6.21. The minimum absolute atomic E-state index is 0.00624. The number of fused-ring (bicyclic) bond motifs is 1. The maximum atomic E-state index is 12.6. The van der Waals surface area contributed by atoms with Gasteiger partial charge in [-0.2, -0.15) is 0 Å². The fourth-order valence-electron chi connectivity index (χ4n) is 3.07. The van der Waals surface area contributed by atoms with Crippen LogP contribution in [0, 0.1) is 17.3 Å². The molecule has 0 saturated heterocycles. The minimum Gasteiger partial charge on any atom is -0.454 e. The van der Waals surface area contributed by atoms with Gasteiger partial charge in [-0.15, -0.1) is 0 Å². The van der Waals surface area contributed by atoms with E-state index in [-0.39, 0.29) is 30.0 Å². The van der Waals surface area contributed by atoms with Crippen molar-refractivity contribution in [3.8, 4) is 11.5 Å². The van der Waals surface area contributed by atoms with Gasteiger partial charge in [-0.1, -0.05) is 37.1 Å². The van der Waals surface area contributed by atoms with E-state index in [0.717, 1.165) is 0 Å². The Hall–Kier alpha value is -1.68. The van der Waals surface area contributed by atoms with Crippen LogP contribution in [-0.4, -0.2) is 12.7 Å². The molecule has 1 aliphatic carbocycles. The highest BCUT2D eigenvalue weighted by Gasteiger charge is 2.60. The van der Waals surface area contributed by atoms with Gasteiger partial charge >= 0.3 is 0 Å². The van der Waals surface area contributed by atoms with Gasteiger partial charge in [0.05, 0.1) is 16.6 Å². The first-order chi connectivity index (χ1) is 10.3. The third kappa shape index (κ3) is 2.56. The van der Waals surface area contributed by atoms with Gasteiger partial charge in [0.2, 0.25) is 12.7 Å². The summed E-state index contributed by atoms with van der Waals surface area (Å²) in [6.07, 6.45) is 2.17. The van der Waals surface area contributed by atoms with Crippen LogP contribution in [0.1, 0.15) is 27.7 Å². The van der Waals surface area contributed by atoms with Crippen molar-refractivity contribution >= 4 is 23.2 Å². The molecule has 0 spiro atoms. The molecule has 1 amide bonds. The second-order valence-corrected chi connectivity index (χ2v) is 7.15. The molecule has 1 aliphatic heterocycles. The Morgan fingerprint density at radius 1 is 1.32 bits per heavy atom. The monoisotopic (exact) mass is 321 g/mol. The molecule has 0 unspecified atom stereocenters. The van der Waals surface area contributed by atoms with E-state index < -0.39 is 0 Å². The largest absolute Gasteiger partial charge is 0.454 e. The number of halogens is 1.